The Morgan fingerprint density at radius 2 is 1.63 bits per heavy atom. The third-order valence-corrected chi connectivity index (χ3v) is 3.16. The Balaban J connectivity index is 2.21. The quantitative estimate of drug-likeness (QED) is 0.884. The molecule has 0 aliphatic heterocycles. The van der Waals surface area contributed by atoms with Crippen molar-refractivity contribution < 1.29 is 4.79 Å². The summed E-state index contributed by atoms with van der Waals surface area (Å²) in [6.07, 6.45) is 0. The number of benzene rings is 2. The molecular weight excluding hydrogens is 236 g/mol. The van der Waals surface area contributed by atoms with Gasteiger partial charge in [-0.05, 0) is 42.7 Å². The van der Waals surface area contributed by atoms with Crippen LogP contribution in [0.2, 0.25) is 0 Å². The Morgan fingerprint density at radius 1 is 1.05 bits per heavy atom. The summed E-state index contributed by atoms with van der Waals surface area (Å²) in [7, 11) is 0. The monoisotopic (exact) mass is 254 g/mol. The van der Waals surface area contributed by atoms with E-state index in [1.165, 1.54) is 0 Å². The second-order valence-corrected chi connectivity index (χ2v) is 4.62. The summed E-state index contributed by atoms with van der Waals surface area (Å²) in [6, 6.07) is 13.4. The van der Waals surface area contributed by atoms with Crippen LogP contribution in [0.5, 0.6) is 0 Å². The van der Waals surface area contributed by atoms with E-state index in [4.69, 9.17) is 5.73 Å². The number of hydrogen-bond acceptors (Lipinski definition) is 2. The van der Waals surface area contributed by atoms with Gasteiger partial charge in [-0.1, -0.05) is 30.3 Å². The zero-order chi connectivity index (χ0) is 13.8. The van der Waals surface area contributed by atoms with Crippen LogP contribution in [0.3, 0.4) is 0 Å². The minimum Gasteiger partial charge on any atom is -0.326 e. The van der Waals surface area contributed by atoms with Crippen molar-refractivity contribution in [3.05, 3.63) is 64.7 Å². The summed E-state index contributed by atoms with van der Waals surface area (Å²) in [5.41, 5.74) is 10.1. The van der Waals surface area contributed by atoms with E-state index in [0.717, 1.165) is 27.9 Å². The van der Waals surface area contributed by atoms with Crippen molar-refractivity contribution in [2.24, 2.45) is 5.73 Å². The van der Waals surface area contributed by atoms with Crippen molar-refractivity contribution >= 4 is 11.6 Å². The van der Waals surface area contributed by atoms with E-state index >= 15 is 0 Å². The molecule has 0 aliphatic carbocycles. The fourth-order valence-corrected chi connectivity index (χ4v) is 2.09. The molecule has 0 aliphatic rings. The number of aryl methyl sites for hydroxylation is 2. The van der Waals surface area contributed by atoms with E-state index in [-0.39, 0.29) is 5.91 Å². The van der Waals surface area contributed by atoms with Crippen molar-refractivity contribution in [2.45, 2.75) is 20.4 Å². The molecule has 3 heteroatoms. The molecule has 0 unspecified atom stereocenters. The average Bonchev–Trinajstić information content (AvgIpc) is 2.39. The van der Waals surface area contributed by atoms with Crippen LogP contribution in [0.1, 0.15) is 27.0 Å². The molecule has 0 atom stereocenters. The van der Waals surface area contributed by atoms with Gasteiger partial charge < -0.3 is 11.1 Å². The van der Waals surface area contributed by atoms with E-state index in [1.807, 2.05) is 56.3 Å². The molecule has 0 radical (unpaired) electrons. The largest absolute Gasteiger partial charge is 0.326 e. The van der Waals surface area contributed by atoms with Gasteiger partial charge in [-0.2, -0.15) is 0 Å². The molecule has 19 heavy (non-hydrogen) atoms. The second kappa shape index (κ2) is 5.67. The molecule has 2 aromatic rings. The fraction of sp³-hybridized carbons (Fsp3) is 0.188. The molecule has 98 valence electrons. The number of nitrogens with two attached hydrogens (primary N) is 1. The van der Waals surface area contributed by atoms with Gasteiger partial charge in [-0.3, -0.25) is 4.79 Å². The Morgan fingerprint density at radius 3 is 2.16 bits per heavy atom. The van der Waals surface area contributed by atoms with Gasteiger partial charge >= 0.3 is 0 Å². The molecule has 1 amide bonds. The standard InChI is InChI=1S/C16H18N2O/c1-11-4-3-5-12(2)15(11)16(19)18-14-8-6-13(10-17)7-9-14/h3-9H,10,17H2,1-2H3,(H,18,19). The van der Waals surface area contributed by atoms with Gasteiger partial charge in [0.25, 0.3) is 5.91 Å². The van der Waals surface area contributed by atoms with Crippen LogP contribution in [-0.2, 0) is 6.54 Å². The summed E-state index contributed by atoms with van der Waals surface area (Å²) in [4.78, 5) is 12.3. The normalized spacial score (nSPS) is 10.3. The predicted octanol–water partition coefficient (Wildman–Crippen LogP) is 3.01. The van der Waals surface area contributed by atoms with Crippen LogP contribution < -0.4 is 11.1 Å². The molecule has 2 aromatic carbocycles. The van der Waals surface area contributed by atoms with E-state index in [9.17, 15) is 4.79 Å². The highest BCUT2D eigenvalue weighted by Crippen LogP contribution is 2.16. The van der Waals surface area contributed by atoms with Crippen molar-refractivity contribution in [1.82, 2.24) is 0 Å². The maximum atomic E-state index is 12.3. The summed E-state index contributed by atoms with van der Waals surface area (Å²) in [5, 5.41) is 2.91. The second-order valence-electron chi connectivity index (χ2n) is 4.62. The summed E-state index contributed by atoms with van der Waals surface area (Å²) in [5.74, 6) is -0.0731. The van der Waals surface area contributed by atoms with E-state index < -0.39 is 0 Å². The van der Waals surface area contributed by atoms with Crippen molar-refractivity contribution in [2.75, 3.05) is 5.32 Å². The molecule has 0 heterocycles. The van der Waals surface area contributed by atoms with Gasteiger partial charge in [-0.15, -0.1) is 0 Å². The maximum absolute atomic E-state index is 12.3. The molecule has 0 saturated carbocycles. The lowest BCUT2D eigenvalue weighted by Crippen LogP contribution is -2.15. The third kappa shape index (κ3) is 3.01. The van der Waals surface area contributed by atoms with Gasteiger partial charge in [0, 0.05) is 17.8 Å². The van der Waals surface area contributed by atoms with Gasteiger partial charge in [0.2, 0.25) is 0 Å². The highest BCUT2D eigenvalue weighted by Gasteiger charge is 2.11. The van der Waals surface area contributed by atoms with Crippen LogP contribution >= 0.6 is 0 Å². The summed E-state index contributed by atoms with van der Waals surface area (Å²) >= 11 is 0. The number of carbonyl (C=O) groups is 1. The van der Waals surface area contributed by atoms with Gasteiger partial charge in [-0.25, -0.2) is 0 Å². The van der Waals surface area contributed by atoms with E-state index in [2.05, 4.69) is 5.32 Å². The van der Waals surface area contributed by atoms with Crippen LogP contribution in [0.15, 0.2) is 42.5 Å². The Labute approximate surface area is 113 Å². The number of carbonyl (C=O) groups excluding carboxylic acids is 1. The SMILES string of the molecule is Cc1cccc(C)c1C(=O)Nc1ccc(CN)cc1. The predicted molar refractivity (Wildman–Crippen MR) is 78.2 cm³/mol. The molecule has 0 bridgehead atoms. The molecular formula is C16H18N2O. The smallest absolute Gasteiger partial charge is 0.256 e. The molecule has 3 nitrogen and oxygen atoms in total. The topological polar surface area (TPSA) is 55.1 Å². The molecule has 0 fully saturated rings. The van der Waals surface area contributed by atoms with Crippen LogP contribution in [0, 0.1) is 13.8 Å². The average molecular weight is 254 g/mol. The first-order valence-electron chi connectivity index (χ1n) is 6.28. The number of amides is 1. The first-order valence-corrected chi connectivity index (χ1v) is 6.28. The Bertz CT molecular complexity index is 568. The zero-order valence-corrected chi connectivity index (χ0v) is 11.2. The van der Waals surface area contributed by atoms with Gasteiger partial charge in [0.15, 0.2) is 0 Å². The van der Waals surface area contributed by atoms with Crippen molar-refractivity contribution in [3.63, 3.8) is 0 Å². The first-order chi connectivity index (χ1) is 9.11. The molecule has 2 rings (SSSR count). The molecule has 3 N–H and O–H groups in total. The minimum atomic E-state index is -0.0731. The number of rotatable bonds is 3. The minimum absolute atomic E-state index is 0.0731. The molecule has 0 spiro atoms. The number of anilines is 1. The Hall–Kier alpha value is -2.13. The third-order valence-electron chi connectivity index (χ3n) is 3.16. The lowest BCUT2D eigenvalue weighted by atomic mass is 10.0. The maximum Gasteiger partial charge on any atom is 0.256 e. The summed E-state index contributed by atoms with van der Waals surface area (Å²) in [6.45, 7) is 4.39. The van der Waals surface area contributed by atoms with Crippen molar-refractivity contribution in [1.29, 1.82) is 0 Å². The van der Waals surface area contributed by atoms with E-state index in [1.54, 1.807) is 0 Å². The fourth-order valence-electron chi connectivity index (χ4n) is 2.09. The van der Waals surface area contributed by atoms with Gasteiger partial charge in [0.1, 0.15) is 0 Å². The van der Waals surface area contributed by atoms with E-state index in [0.29, 0.717) is 6.54 Å². The zero-order valence-electron chi connectivity index (χ0n) is 11.2. The van der Waals surface area contributed by atoms with Crippen LogP contribution in [-0.4, -0.2) is 5.91 Å². The molecule has 0 aromatic heterocycles. The highest BCUT2D eigenvalue weighted by molar-refractivity contribution is 6.06. The highest BCUT2D eigenvalue weighted by atomic mass is 16.1. The van der Waals surface area contributed by atoms with Crippen LogP contribution in [0.4, 0.5) is 5.69 Å². The van der Waals surface area contributed by atoms with Gasteiger partial charge in [0.05, 0.1) is 0 Å². The lowest BCUT2D eigenvalue weighted by Gasteiger charge is -2.10. The molecule has 0 saturated heterocycles. The lowest BCUT2D eigenvalue weighted by molar-refractivity contribution is 0.102. The number of hydrogen-bond donors (Lipinski definition) is 2. The Kier molecular flexibility index (Phi) is 3.97. The first kappa shape index (κ1) is 13.3. The number of nitrogens with one attached hydrogen (secondary N) is 1. The van der Waals surface area contributed by atoms with Crippen LogP contribution in [0.25, 0.3) is 0 Å². The summed E-state index contributed by atoms with van der Waals surface area (Å²) < 4.78 is 0. The van der Waals surface area contributed by atoms with Crippen molar-refractivity contribution in [3.8, 4) is 0 Å².